The molecule has 0 saturated carbocycles. The molecule has 1 saturated heterocycles. The molecule has 1 fully saturated rings. The van der Waals surface area contributed by atoms with Crippen LogP contribution in [0, 0.1) is 11.3 Å². The number of rotatable bonds is 5. The van der Waals surface area contributed by atoms with Crippen LogP contribution in [0.1, 0.15) is 17.6 Å². The molecule has 1 aromatic carbocycles. The van der Waals surface area contributed by atoms with E-state index in [2.05, 4.69) is 16.4 Å². The van der Waals surface area contributed by atoms with Crippen LogP contribution in [0.2, 0.25) is 10.0 Å². The van der Waals surface area contributed by atoms with Gasteiger partial charge in [0.2, 0.25) is 6.29 Å². The number of benzene rings is 1. The molecule has 0 atom stereocenters. The molecular formula is C22H15Cl2N3O4S. The van der Waals surface area contributed by atoms with Crippen molar-refractivity contribution in [2.75, 3.05) is 25.6 Å². The van der Waals surface area contributed by atoms with Crippen molar-refractivity contribution < 1.29 is 18.6 Å². The van der Waals surface area contributed by atoms with E-state index >= 15 is 0 Å². The highest BCUT2D eigenvalue weighted by Gasteiger charge is 2.23. The average Bonchev–Trinajstić information content (AvgIpc) is 3.55. The summed E-state index contributed by atoms with van der Waals surface area (Å²) in [5, 5.41) is 13.7. The van der Waals surface area contributed by atoms with Gasteiger partial charge in [-0.2, -0.15) is 5.26 Å². The third-order valence-electron chi connectivity index (χ3n) is 4.89. The van der Waals surface area contributed by atoms with Crippen molar-refractivity contribution in [2.24, 2.45) is 0 Å². The lowest BCUT2D eigenvalue weighted by molar-refractivity contribution is -0.0584. The maximum Gasteiger partial charge on any atom is 0.217 e. The fourth-order valence-corrected chi connectivity index (χ4v) is 4.95. The van der Waals surface area contributed by atoms with Crippen LogP contribution in [0.25, 0.3) is 20.9 Å². The van der Waals surface area contributed by atoms with E-state index in [1.807, 2.05) is 18.2 Å². The zero-order valence-corrected chi connectivity index (χ0v) is 19.0. The number of nitrogens with one attached hydrogen (secondary N) is 1. The van der Waals surface area contributed by atoms with E-state index in [1.165, 1.54) is 24.6 Å². The molecule has 5 rings (SSSR count). The molecule has 0 radical (unpaired) electrons. The number of furan rings is 1. The van der Waals surface area contributed by atoms with E-state index in [4.69, 9.17) is 41.8 Å². The number of anilines is 2. The molecule has 1 aliphatic rings. The number of thiophene rings is 1. The number of nitrogens with zero attached hydrogens (tertiary/aromatic N) is 2. The van der Waals surface area contributed by atoms with E-state index in [9.17, 15) is 5.26 Å². The fourth-order valence-electron chi connectivity index (χ4n) is 3.36. The number of hydrogen-bond donors (Lipinski definition) is 1. The lowest BCUT2D eigenvalue weighted by atomic mass is 10.2. The van der Waals surface area contributed by atoms with Gasteiger partial charge in [-0.3, -0.25) is 4.98 Å². The van der Waals surface area contributed by atoms with E-state index in [0.29, 0.717) is 57.5 Å². The quantitative estimate of drug-likeness (QED) is 0.342. The van der Waals surface area contributed by atoms with Crippen molar-refractivity contribution in [3.63, 3.8) is 0 Å². The molecule has 32 heavy (non-hydrogen) atoms. The smallest absolute Gasteiger partial charge is 0.217 e. The molecule has 1 N–H and O–H groups in total. The molecule has 0 bridgehead atoms. The van der Waals surface area contributed by atoms with E-state index in [1.54, 1.807) is 12.1 Å². The number of pyridine rings is 1. The molecule has 7 nitrogen and oxygen atoms in total. The average molecular weight is 488 g/mol. The Labute approximate surface area is 197 Å². The number of fused-ring (bicyclic) bond motifs is 1. The third-order valence-corrected chi connectivity index (χ3v) is 6.65. The molecule has 3 aromatic heterocycles. The lowest BCUT2D eigenvalue weighted by Crippen LogP contribution is -1.97. The maximum atomic E-state index is 9.67. The molecule has 0 unspecified atom stereocenters. The van der Waals surface area contributed by atoms with Gasteiger partial charge < -0.3 is 23.9 Å². The van der Waals surface area contributed by atoms with Crippen LogP contribution in [0.15, 0.2) is 40.9 Å². The summed E-state index contributed by atoms with van der Waals surface area (Å²) in [4.78, 5) is 5.29. The summed E-state index contributed by atoms with van der Waals surface area (Å²) in [5.41, 5.74) is 2.25. The molecule has 0 amide bonds. The normalized spacial score (nSPS) is 14.1. The molecular weight excluding hydrogens is 473 g/mol. The number of halogens is 2. The second-order valence-electron chi connectivity index (χ2n) is 6.85. The van der Waals surface area contributed by atoms with Crippen LogP contribution in [-0.2, 0) is 9.47 Å². The Morgan fingerprint density at radius 2 is 2.00 bits per heavy atom. The predicted molar refractivity (Wildman–Crippen MR) is 123 cm³/mol. The van der Waals surface area contributed by atoms with Crippen molar-refractivity contribution in [1.82, 2.24) is 4.98 Å². The Morgan fingerprint density at radius 1 is 1.19 bits per heavy atom. The minimum Gasteiger partial charge on any atom is -0.495 e. The molecule has 4 heterocycles. The van der Waals surface area contributed by atoms with Gasteiger partial charge in [-0.05, 0) is 24.3 Å². The number of ether oxygens (including phenoxy) is 3. The standard InChI is InChI=1S/C22H15Cl2N3O4S/c1-28-18-7-14(12(23)6-13(18)24)27-20-11(9-25)10-26-15-8-19(32-21(15)20)16-2-3-17(31-16)22-29-4-5-30-22/h2-3,6-8,10,22H,4-5H2,1H3,(H,26,27). The first-order valence-electron chi connectivity index (χ1n) is 9.53. The number of hydrogen-bond acceptors (Lipinski definition) is 8. The number of aromatic nitrogens is 1. The Kier molecular flexibility index (Phi) is 5.67. The van der Waals surface area contributed by atoms with Gasteiger partial charge in [-0.1, -0.05) is 23.2 Å². The minimum absolute atomic E-state index is 0.378. The first kappa shape index (κ1) is 21.1. The lowest BCUT2D eigenvalue weighted by Gasteiger charge is -2.13. The van der Waals surface area contributed by atoms with Crippen molar-refractivity contribution >= 4 is 56.1 Å². The first-order chi connectivity index (χ1) is 15.6. The van der Waals surface area contributed by atoms with Gasteiger partial charge in [0.25, 0.3) is 0 Å². The summed E-state index contributed by atoms with van der Waals surface area (Å²) in [7, 11) is 1.52. The van der Waals surface area contributed by atoms with E-state index in [-0.39, 0.29) is 0 Å². The van der Waals surface area contributed by atoms with Crippen LogP contribution in [-0.4, -0.2) is 25.3 Å². The van der Waals surface area contributed by atoms with Gasteiger partial charge in [0.1, 0.15) is 17.6 Å². The highest BCUT2D eigenvalue weighted by Crippen LogP contribution is 2.42. The second-order valence-corrected chi connectivity index (χ2v) is 8.72. The van der Waals surface area contributed by atoms with Gasteiger partial charge in [0, 0.05) is 12.3 Å². The molecule has 4 aromatic rings. The van der Waals surface area contributed by atoms with Crippen LogP contribution in [0.4, 0.5) is 11.4 Å². The van der Waals surface area contributed by atoms with Gasteiger partial charge >= 0.3 is 0 Å². The summed E-state index contributed by atoms with van der Waals surface area (Å²) in [6, 6.07) is 11.1. The summed E-state index contributed by atoms with van der Waals surface area (Å²) in [5.74, 6) is 1.74. The third kappa shape index (κ3) is 3.79. The maximum absolute atomic E-state index is 9.67. The summed E-state index contributed by atoms with van der Waals surface area (Å²) in [6.07, 6.45) is 1.04. The topological polar surface area (TPSA) is 89.5 Å². The fraction of sp³-hybridized carbons (Fsp3) is 0.182. The van der Waals surface area contributed by atoms with Crippen LogP contribution in [0.5, 0.6) is 5.75 Å². The van der Waals surface area contributed by atoms with E-state index < -0.39 is 6.29 Å². The Bertz CT molecular complexity index is 1360. The van der Waals surface area contributed by atoms with Crippen molar-refractivity contribution in [1.29, 1.82) is 5.26 Å². The molecule has 0 spiro atoms. The zero-order chi connectivity index (χ0) is 22.2. The van der Waals surface area contributed by atoms with Crippen LogP contribution >= 0.6 is 34.5 Å². The Balaban J connectivity index is 1.56. The number of methoxy groups -OCH3 is 1. The zero-order valence-electron chi connectivity index (χ0n) is 16.6. The molecule has 0 aliphatic carbocycles. The van der Waals surface area contributed by atoms with Gasteiger partial charge in [-0.15, -0.1) is 11.3 Å². The van der Waals surface area contributed by atoms with Crippen molar-refractivity contribution in [2.45, 2.75) is 6.29 Å². The summed E-state index contributed by atoms with van der Waals surface area (Å²) >= 11 is 14.0. The Morgan fingerprint density at radius 3 is 2.75 bits per heavy atom. The summed E-state index contributed by atoms with van der Waals surface area (Å²) < 4.78 is 23.0. The Hall–Kier alpha value is -2.80. The van der Waals surface area contributed by atoms with Gasteiger partial charge in [0.05, 0.1) is 62.4 Å². The molecule has 1 aliphatic heterocycles. The highest BCUT2D eigenvalue weighted by atomic mass is 35.5. The van der Waals surface area contributed by atoms with Crippen LogP contribution in [0.3, 0.4) is 0 Å². The first-order valence-corrected chi connectivity index (χ1v) is 11.1. The molecule has 10 heteroatoms. The number of nitriles is 1. The second kappa shape index (κ2) is 8.62. The van der Waals surface area contributed by atoms with Crippen molar-refractivity contribution in [3.05, 3.63) is 57.9 Å². The summed E-state index contributed by atoms with van der Waals surface area (Å²) in [6.45, 7) is 1.08. The highest BCUT2D eigenvalue weighted by molar-refractivity contribution is 7.22. The minimum atomic E-state index is -0.485. The van der Waals surface area contributed by atoms with Crippen molar-refractivity contribution in [3.8, 4) is 22.5 Å². The molecule has 162 valence electrons. The van der Waals surface area contributed by atoms with E-state index in [0.717, 1.165) is 15.1 Å². The van der Waals surface area contributed by atoms with Crippen LogP contribution < -0.4 is 10.1 Å². The largest absolute Gasteiger partial charge is 0.495 e. The van der Waals surface area contributed by atoms with Gasteiger partial charge in [0.15, 0.2) is 5.76 Å². The van der Waals surface area contributed by atoms with Gasteiger partial charge in [-0.25, -0.2) is 0 Å². The monoisotopic (exact) mass is 487 g/mol. The SMILES string of the molecule is COc1cc(Nc2c(C#N)cnc3cc(-c4ccc(C5OCCO5)o4)sc23)c(Cl)cc1Cl. The predicted octanol–water partition coefficient (Wildman–Crippen LogP) is 6.53.